The summed E-state index contributed by atoms with van der Waals surface area (Å²) < 4.78 is 6.12. The molecular formula is C28H31ClN2O3S. The Hall–Kier alpha value is -2.83. The number of carbonyl (C=O) groups excluding carboxylic acids is 2. The second-order valence-electron chi connectivity index (χ2n) is 9.37. The van der Waals surface area contributed by atoms with E-state index in [0.29, 0.717) is 30.3 Å². The van der Waals surface area contributed by atoms with Crippen LogP contribution in [0.3, 0.4) is 0 Å². The number of rotatable bonds is 8. The molecule has 2 aromatic carbocycles. The van der Waals surface area contributed by atoms with Gasteiger partial charge in [-0.3, -0.25) is 9.59 Å². The van der Waals surface area contributed by atoms with Gasteiger partial charge in [0.25, 0.3) is 5.91 Å². The van der Waals surface area contributed by atoms with Crippen LogP contribution < -0.4 is 4.74 Å². The fourth-order valence-electron chi connectivity index (χ4n) is 4.40. The van der Waals surface area contributed by atoms with E-state index in [1.54, 1.807) is 40.5 Å². The van der Waals surface area contributed by atoms with E-state index in [0.717, 1.165) is 17.7 Å². The van der Waals surface area contributed by atoms with E-state index in [9.17, 15) is 9.59 Å². The Morgan fingerprint density at radius 1 is 1.17 bits per heavy atom. The van der Waals surface area contributed by atoms with Gasteiger partial charge in [0, 0.05) is 28.6 Å². The maximum atomic E-state index is 13.6. The van der Waals surface area contributed by atoms with E-state index < -0.39 is 0 Å². The van der Waals surface area contributed by atoms with E-state index in [2.05, 4.69) is 11.4 Å². The van der Waals surface area contributed by atoms with E-state index in [1.165, 1.54) is 10.4 Å². The minimum atomic E-state index is -0.194. The fourth-order valence-corrected chi connectivity index (χ4v) is 5.52. The number of hydrogen-bond acceptors (Lipinski definition) is 4. The van der Waals surface area contributed by atoms with Crippen LogP contribution in [-0.4, -0.2) is 47.9 Å². The van der Waals surface area contributed by atoms with Crippen molar-refractivity contribution in [2.45, 2.75) is 33.2 Å². The van der Waals surface area contributed by atoms with Crippen LogP contribution in [0.5, 0.6) is 5.75 Å². The molecule has 0 fully saturated rings. The summed E-state index contributed by atoms with van der Waals surface area (Å²) in [6.07, 6.45) is 0.812. The molecule has 5 nitrogen and oxygen atoms in total. The lowest BCUT2D eigenvalue weighted by Gasteiger charge is -2.37. The third kappa shape index (κ3) is 6.24. The molecule has 2 amide bonds. The largest absolute Gasteiger partial charge is 0.491 e. The topological polar surface area (TPSA) is 49.9 Å². The summed E-state index contributed by atoms with van der Waals surface area (Å²) in [7, 11) is 0. The summed E-state index contributed by atoms with van der Waals surface area (Å²) in [6.45, 7) is 7.60. The number of aryl methyl sites for hydroxylation is 1. The van der Waals surface area contributed by atoms with Crippen LogP contribution in [0.25, 0.3) is 0 Å². The van der Waals surface area contributed by atoms with Gasteiger partial charge in [-0.1, -0.05) is 49.2 Å². The Kier molecular flexibility index (Phi) is 8.14. The first kappa shape index (κ1) is 25.3. The number of fused-ring (bicyclic) bond motifs is 1. The molecule has 0 bridgehead atoms. The predicted octanol–water partition coefficient (Wildman–Crippen LogP) is 6.01. The van der Waals surface area contributed by atoms with Gasteiger partial charge in [0.1, 0.15) is 18.9 Å². The lowest BCUT2D eigenvalue weighted by Crippen LogP contribution is -2.48. The van der Waals surface area contributed by atoms with Crippen molar-refractivity contribution < 1.29 is 14.3 Å². The van der Waals surface area contributed by atoms with Gasteiger partial charge in [0.15, 0.2) is 0 Å². The molecule has 1 aliphatic heterocycles. The SMILES string of the molecule is Cc1ccc(OC[C@H]2c3ccsc3CCN2C(=O)CN(CC(C)C)C(=O)c2cccc(Cl)c2)cc1. The smallest absolute Gasteiger partial charge is 0.254 e. The van der Waals surface area contributed by atoms with Crippen molar-refractivity contribution in [3.8, 4) is 5.75 Å². The molecule has 3 aromatic rings. The highest BCUT2D eigenvalue weighted by Gasteiger charge is 2.33. The average molecular weight is 511 g/mol. The molecule has 184 valence electrons. The van der Waals surface area contributed by atoms with E-state index in [4.69, 9.17) is 16.3 Å². The summed E-state index contributed by atoms with van der Waals surface area (Å²) in [5.41, 5.74) is 2.80. The Labute approximate surface area is 216 Å². The van der Waals surface area contributed by atoms with Gasteiger partial charge in [-0.15, -0.1) is 11.3 Å². The fraction of sp³-hybridized carbons (Fsp3) is 0.357. The maximum absolute atomic E-state index is 13.6. The molecular weight excluding hydrogens is 480 g/mol. The van der Waals surface area contributed by atoms with E-state index in [1.807, 2.05) is 49.9 Å². The highest BCUT2D eigenvalue weighted by atomic mass is 35.5. The first-order valence-electron chi connectivity index (χ1n) is 11.9. The van der Waals surface area contributed by atoms with Crippen LogP contribution >= 0.6 is 22.9 Å². The van der Waals surface area contributed by atoms with Crippen LogP contribution in [0.1, 0.15) is 46.3 Å². The van der Waals surface area contributed by atoms with Crippen molar-refractivity contribution in [2.75, 3.05) is 26.2 Å². The zero-order chi connectivity index (χ0) is 24.9. The molecule has 1 aromatic heterocycles. The number of thiophene rings is 1. The van der Waals surface area contributed by atoms with Crippen molar-refractivity contribution in [3.05, 3.63) is 86.6 Å². The number of amides is 2. The number of ether oxygens (including phenoxy) is 1. The zero-order valence-electron chi connectivity index (χ0n) is 20.4. The molecule has 0 saturated carbocycles. The average Bonchev–Trinajstić information content (AvgIpc) is 3.31. The van der Waals surface area contributed by atoms with Crippen molar-refractivity contribution in [2.24, 2.45) is 5.92 Å². The minimum Gasteiger partial charge on any atom is -0.491 e. The van der Waals surface area contributed by atoms with Crippen LogP contribution in [0.15, 0.2) is 60.0 Å². The van der Waals surface area contributed by atoms with Gasteiger partial charge < -0.3 is 14.5 Å². The molecule has 1 atom stereocenters. The summed E-state index contributed by atoms with van der Waals surface area (Å²) in [6, 6.07) is 16.7. The first-order chi connectivity index (χ1) is 16.8. The second kappa shape index (κ2) is 11.3. The summed E-state index contributed by atoms with van der Waals surface area (Å²) in [5.74, 6) is 0.741. The Morgan fingerprint density at radius 2 is 1.94 bits per heavy atom. The quantitative estimate of drug-likeness (QED) is 0.372. The standard InChI is InChI=1S/C28H31ClN2O3S/c1-19(2)16-30(28(33)21-5-4-6-22(29)15-21)17-27(32)31-13-11-26-24(12-14-35-26)25(31)18-34-23-9-7-20(3)8-10-23/h4-10,12,14-15,19,25H,11,13,16-18H2,1-3H3/t25-/m0/s1. The monoisotopic (exact) mass is 510 g/mol. The number of halogens is 1. The van der Waals surface area contributed by atoms with Crippen LogP contribution in [0, 0.1) is 12.8 Å². The van der Waals surface area contributed by atoms with E-state index in [-0.39, 0.29) is 30.3 Å². The van der Waals surface area contributed by atoms with Crippen molar-refractivity contribution >= 4 is 34.8 Å². The number of benzene rings is 2. The lowest BCUT2D eigenvalue weighted by molar-refractivity contribution is -0.135. The Morgan fingerprint density at radius 3 is 2.66 bits per heavy atom. The first-order valence-corrected chi connectivity index (χ1v) is 13.2. The predicted molar refractivity (Wildman–Crippen MR) is 141 cm³/mol. The van der Waals surface area contributed by atoms with Crippen LogP contribution in [-0.2, 0) is 11.2 Å². The van der Waals surface area contributed by atoms with E-state index >= 15 is 0 Å². The van der Waals surface area contributed by atoms with Crippen LogP contribution in [0.2, 0.25) is 5.02 Å². The lowest BCUT2D eigenvalue weighted by atomic mass is 10.00. The van der Waals surface area contributed by atoms with Crippen LogP contribution in [0.4, 0.5) is 0 Å². The normalized spacial score (nSPS) is 15.1. The minimum absolute atomic E-state index is 0.0179. The third-order valence-corrected chi connectivity index (χ3v) is 7.35. The molecule has 7 heteroatoms. The van der Waals surface area contributed by atoms with Gasteiger partial charge in [-0.05, 0) is 66.6 Å². The Balaban J connectivity index is 1.53. The number of nitrogens with zero attached hydrogens (tertiary/aromatic N) is 2. The summed E-state index contributed by atoms with van der Waals surface area (Å²) in [4.78, 5) is 31.8. The van der Waals surface area contributed by atoms with Gasteiger partial charge in [-0.2, -0.15) is 0 Å². The molecule has 0 spiro atoms. The Bertz CT molecular complexity index is 1170. The van der Waals surface area contributed by atoms with Crippen molar-refractivity contribution in [1.82, 2.24) is 9.80 Å². The highest BCUT2D eigenvalue weighted by Crippen LogP contribution is 2.34. The molecule has 0 N–H and O–H groups in total. The zero-order valence-corrected chi connectivity index (χ0v) is 21.9. The molecule has 0 unspecified atom stereocenters. The number of hydrogen-bond donors (Lipinski definition) is 0. The number of carbonyl (C=O) groups is 2. The maximum Gasteiger partial charge on any atom is 0.254 e. The molecule has 2 heterocycles. The summed E-state index contributed by atoms with van der Waals surface area (Å²) >= 11 is 7.84. The van der Waals surface area contributed by atoms with Crippen molar-refractivity contribution in [3.63, 3.8) is 0 Å². The molecule has 4 rings (SSSR count). The van der Waals surface area contributed by atoms with Gasteiger partial charge in [-0.25, -0.2) is 0 Å². The van der Waals surface area contributed by atoms with Gasteiger partial charge in [0.2, 0.25) is 5.91 Å². The molecule has 0 radical (unpaired) electrons. The summed E-state index contributed by atoms with van der Waals surface area (Å²) in [5, 5.41) is 2.58. The molecule has 0 aliphatic carbocycles. The van der Waals surface area contributed by atoms with Crippen molar-refractivity contribution in [1.29, 1.82) is 0 Å². The molecule has 1 aliphatic rings. The van der Waals surface area contributed by atoms with Gasteiger partial charge in [0.05, 0.1) is 6.04 Å². The second-order valence-corrected chi connectivity index (χ2v) is 10.8. The molecule has 0 saturated heterocycles. The van der Waals surface area contributed by atoms with Gasteiger partial charge >= 0.3 is 0 Å². The highest BCUT2D eigenvalue weighted by molar-refractivity contribution is 7.10. The molecule has 35 heavy (non-hydrogen) atoms. The third-order valence-electron chi connectivity index (χ3n) is 6.11.